The molecule has 3 fully saturated rings. The molecule has 9 unspecified atom stereocenters. The Kier molecular flexibility index (Phi) is 7.53. The van der Waals surface area contributed by atoms with Crippen molar-refractivity contribution in [3.8, 4) is 0 Å². The Bertz CT molecular complexity index is 1240. The lowest BCUT2D eigenvalue weighted by Gasteiger charge is -2.62. The number of hydrogen-bond donors (Lipinski definition) is 2. The number of carbonyl (C=O) groups excluding carboxylic acids is 2. The molecule has 1 amide bonds. The molecule has 1 aromatic rings. The number of alkyl halides is 2. The minimum Gasteiger partial charge on any atom is -0.390 e. The van der Waals surface area contributed by atoms with Gasteiger partial charge in [-0.05, 0) is 78.9 Å². The summed E-state index contributed by atoms with van der Waals surface area (Å²) in [5.74, 6) is -3.24. The number of carbonyl (C=O) groups is 2. The predicted octanol–water partition coefficient (Wildman–Crippen LogP) is 4.71. The van der Waals surface area contributed by atoms with Crippen LogP contribution >= 0.6 is 11.6 Å². The lowest BCUT2D eigenvalue weighted by Crippen LogP contribution is -2.68. The number of amides is 1. The summed E-state index contributed by atoms with van der Waals surface area (Å²) in [7, 11) is 2.88. The lowest BCUT2D eigenvalue weighted by molar-refractivity contribution is -0.210. The van der Waals surface area contributed by atoms with Gasteiger partial charge in [-0.25, -0.2) is 13.8 Å². The molecule has 0 radical (unpaired) electrons. The topological polar surface area (TPSA) is 90.3 Å². The van der Waals surface area contributed by atoms with Crippen LogP contribution in [0.2, 0.25) is 5.02 Å². The van der Waals surface area contributed by atoms with Crippen molar-refractivity contribution in [2.45, 2.75) is 57.6 Å². The van der Waals surface area contributed by atoms with E-state index in [-0.39, 0.29) is 37.4 Å². The van der Waals surface area contributed by atoms with Gasteiger partial charge in [0.05, 0.1) is 19.1 Å². The molecule has 3 saturated carbocycles. The number of benzene rings is 1. The van der Waals surface area contributed by atoms with Crippen LogP contribution in [0.15, 0.2) is 48.1 Å². The van der Waals surface area contributed by atoms with Gasteiger partial charge in [0.25, 0.3) is 0 Å². The fourth-order valence-electron chi connectivity index (χ4n) is 8.47. The third kappa shape index (κ3) is 4.36. The standard InChI is InChI=1S/C30H37ClF2N2O5/c1-28-14-25(37)30(33)22(13-24(32)23-12-20(36)9-10-29(23,30)2)21(28)11-18(26(28)27(38)34(3)40-4)16-35(39)15-17-5-7-19(31)8-6-17/h5-10,12,18,21-22,24-26,37,39H,11,13-16H2,1-4H3. The SMILES string of the molecule is CON(C)C(=O)C1C(CN(O)Cc2ccc(Cl)cc2)CC2C3CC(F)C4=CC(=O)C=CC4(C)C3(F)C(O)CC21C. The maximum Gasteiger partial charge on any atom is 0.249 e. The highest BCUT2D eigenvalue weighted by molar-refractivity contribution is 6.30. The van der Waals surface area contributed by atoms with Crippen molar-refractivity contribution in [3.05, 3.63) is 58.7 Å². The van der Waals surface area contributed by atoms with Gasteiger partial charge in [0.15, 0.2) is 11.5 Å². The average molecular weight is 579 g/mol. The molecule has 0 aromatic heterocycles. The highest BCUT2D eigenvalue weighted by Gasteiger charge is 2.73. The molecule has 0 aliphatic heterocycles. The number of hydrogen-bond acceptors (Lipinski definition) is 6. The Hall–Kier alpha value is -2.17. The fourth-order valence-corrected chi connectivity index (χ4v) is 8.60. The summed E-state index contributed by atoms with van der Waals surface area (Å²) in [6.45, 7) is 3.73. The van der Waals surface area contributed by atoms with Crippen molar-refractivity contribution in [3.63, 3.8) is 0 Å². The van der Waals surface area contributed by atoms with E-state index in [1.165, 1.54) is 32.4 Å². The number of hydroxylamine groups is 4. The fraction of sp³-hybridized carbons (Fsp3) is 0.600. The van der Waals surface area contributed by atoms with Crippen LogP contribution in [-0.4, -0.2) is 70.8 Å². The molecule has 5 rings (SSSR count). The van der Waals surface area contributed by atoms with Crippen LogP contribution in [0.3, 0.4) is 0 Å². The van der Waals surface area contributed by atoms with Crippen LogP contribution in [-0.2, 0) is 21.0 Å². The summed E-state index contributed by atoms with van der Waals surface area (Å²) in [5.41, 5.74) is -3.74. The van der Waals surface area contributed by atoms with E-state index in [0.717, 1.165) is 15.7 Å². The van der Waals surface area contributed by atoms with E-state index >= 15 is 8.78 Å². The van der Waals surface area contributed by atoms with Crippen molar-refractivity contribution in [2.75, 3.05) is 20.7 Å². The van der Waals surface area contributed by atoms with E-state index in [0.29, 0.717) is 11.4 Å². The number of nitrogens with zero attached hydrogens (tertiary/aromatic N) is 2. The second kappa shape index (κ2) is 10.3. The zero-order valence-electron chi connectivity index (χ0n) is 23.2. The number of fused-ring (bicyclic) bond motifs is 5. The molecule has 0 spiro atoms. The maximum atomic E-state index is 17.5. The molecular formula is C30H37ClF2N2O5. The first-order valence-corrected chi connectivity index (χ1v) is 14.1. The number of aliphatic hydroxyl groups excluding tert-OH is 1. The Morgan fingerprint density at radius 1 is 1.20 bits per heavy atom. The van der Waals surface area contributed by atoms with Crippen molar-refractivity contribution >= 4 is 23.3 Å². The number of ketones is 1. The normalized spacial score (nSPS) is 40.4. The molecule has 218 valence electrons. The molecule has 4 aliphatic rings. The van der Waals surface area contributed by atoms with Gasteiger partial charge in [-0.2, -0.15) is 5.06 Å². The first kappa shape index (κ1) is 29.3. The van der Waals surface area contributed by atoms with E-state index in [1.54, 1.807) is 31.2 Å². The van der Waals surface area contributed by atoms with Crippen LogP contribution < -0.4 is 0 Å². The van der Waals surface area contributed by atoms with Gasteiger partial charge in [-0.3, -0.25) is 14.4 Å². The van der Waals surface area contributed by atoms with E-state index in [1.807, 2.05) is 6.92 Å². The summed E-state index contributed by atoms with van der Waals surface area (Å²) in [4.78, 5) is 31.1. The molecule has 40 heavy (non-hydrogen) atoms. The smallest absolute Gasteiger partial charge is 0.249 e. The van der Waals surface area contributed by atoms with E-state index in [9.17, 15) is 19.9 Å². The molecule has 1 aromatic carbocycles. The van der Waals surface area contributed by atoms with Crippen LogP contribution in [0.1, 0.15) is 38.7 Å². The highest BCUT2D eigenvalue weighted by atomic mass is 35.5. The Labute approximate surface area is 238 Å². The quantitative estimate of drug-likeness (QED) is 0.475. The minimum absolute atomic E-state index is 0.0284. The van der Waals surface area contributed by atoms with Gasteiger partial charge < -0.3 is 10.3 Å². The number of rotatable bonds is 6. The van der Waals surface area contributed by atoms with Crippen LogP contribution in [0.5, 0.6) is 0 Å². The van der Waals surface area contributed by atoms with Crippen LogP contribution in [0.4, 0.5) is 8.78 Å². The van der Waals surface area contributed by atoms with Gasteiger partial charge in [0.1, 0.15) is 6.17 Å². The Morgan fingerprint density at radius 3 is 2.52 bits per heavy atom. The number of allylic oxidation sites excluding steroid dienone is 4. The van der Waals surface area contributed by atoms with E-state index in [4.69, 9.17) is 16.4 Å². The Balaban J connectivity index is 1.51. The highest BCUT2D eigenvalue weighted by Crippen LogP contribution is 2.70. The minimum atomic E-state index is -2.24. The number of aliphatic hydroxyl groups is 1. The largest absolute Gasteiger partial charge is 0.390 e. The first-order chi connectivity index (χ1) is 18.8. The summed E-state index contributed by atoms with van der Waals surface area (Å²) in [6.07, 6.45) is 0.894. The van der Waals surface area contributed by atoms with E-state index < -0.39 is 58.2 Å². The molecule has 7 nitrogen and oxygen atoms in total. The molecule has 9 atom stereocenters. The zero-order valence-corrected chi connectivity index (χ0v) is 23.9. The third-order valence-corrected chi connectivity index (χ3v) is 10.6. The van der Waals surface area contributed by atoms with Gasteiger partial charge >= 0.3 is 0 Å². The second-order valence-electron chi connectivity index (χ2n) is 12.4. The summed E-state index contributed by atoms with van der Waals surface area (Å²) < 4.78 is 33.2. The van der Waals surface area contributed by atoms with Crippen molar-refractivity contribution in [2.24, 2.45) is 34.5 Å². The molecule has 2 N–H and O–H groups in total. The van der Waals surface area contributed by atoms with Crippen LogP contribution in [0, 0.1) is 34.5 Å². The van der Waals surface area contributed by atoms with Gasteiger partial charge in [0, 0.05) is 36.5 Å². The van der Waals surface area contributed by atoms with E-state index in [2.05, 4.69) is 0 Å². The maximum absolute atomic E-state index is 17.5. The summed E-state index contributed by atoms with van der Waals surface area (Å²) in [6, 6.07) is 7.05. The summed E-state index contributed by atoms with van der Waals surface area (Å²) in [5, 5.41) is 25.3. The van der Waals surface area contributed by atoms with Gasteiger partial charge in [-0.1, -0.05) is 36.7 Å². The van der Waals surface area contributed by atoms with Gasteiger partial charge in [0.2, 0.25) is 5.91 Å². The molecule has 10 heteroatoms. The molecule has 0 heterocycles. The Morgan fingerprint density at radius 2 is 1.88 bits per heavy atom. The van der Waals surface area contributed by atoms with Crippen LogP contribution in [0.25, 0.3) is 0 Å². The molecule has 0 saturated heterocycles. The molecule has 0 bridgehead atoms. The molecular weight excluding hydrogens is 542 g/mol. The first-order valence-electron chi connectivity index (χ1n) is 13.7. The lowest BCUT2D eigenvalue weighted by atomic mass is 9.45. The zero-order chi connectivity index (χ0) is 29.2. The van der Waals surface area contributed by atoms with Crippen molar-refractivity contribution < 1.29 is 33.5 Å². The molecule has 4 aliphatic carbocycles. The predicted molar refractivity (Wildman–Crippen MR) is 144 cm³/mol. The van der Waals surface area contributed by atoms with Crippen molar-refractivity contribution in [1.82, 2.24) is 10.1 Å². The second-order valence-corrected chi connectivity index (χ2v) is 12.8. The van der Waals surface area contributed by atoms with Crippen molar-refractivity contribution in [1.29, 1.82) is 0 Å². The van der Waals surface area contributed by atoms with Gasteiger partial charge in [-0.15, -0.1) is 0 Å². The average Bonchev–Trinajstić information content (AvgIpc) is 3.18. The third-order valence-electron chi connectivity index (χ3n) is 10.4. The monoisotopic (exact) mass is 578 g/mol. The number of halogens is 3. The summed E-state index contributed by atoms with van der Waals surface area (Å²) >= 11 is 5.98.